The lowest BCUT2D eigenvalue weighted by atomic mass is 9.82. The first kappa shape index (κ1) is 18.8. The van der Waals surface area contributed by atoms with Crippen molar-refractivity contribution in [3.8, 4) is 11.1 Å². The Morgan fingerprint density at radius 1 is 0.793 bits per heavy atom. The molecule has 4 nitrogen and oxygen atoms in total. The quantitative estimate of drug-likeness (QED) is 0.485. The van der Waals surface area contributed by atoms with E-state index in [2.05, 4.69) is 0 Å². The van der Waals surface area contributed by atoms with Gasteiger partial charge in [0.15, 0.2) is 11.6 Å². The van der Waals surface area contributed by atoms with Gasteiger partial charge in [-0.15, -0.1) is 0 Å². The standard InChI is InChI=1S/C25H20O4/c1-15-7-10-19-21(13-15)25(28)22-14-17(8-11-20(22)24(19)27)18-6-4-3-5-16(18)9-12-23(26)29-2/h3-8,10-11,13-14H,9,12H2,1-2H3. The lowest BCUT2D eigenvalue weighted by Gasteiger charge is -2.19. The molecule has 0 saturated heterocycles. The Kier molecular flexibility index (Phi) is 4.85. The third kappa shape index (κ3) is 3.38. The van der Waals surface area contributed by atoms with Crippen LogP contribution in [-0.4, -0.2) is 24.6 Å². The zero-order valence-electron chi connectivity index (χ0n) is 16.3. The summed E-state index contributed by atoms with van der Waals surface area (Å²) in [6.07, 6.45) is 0.817. The molecule has 0 bridgehead atoms. The normalized spacial score (nSPS) is 12.3. The number of esters is 1. The van der Waals surface area contributed by atoms with Gasteiger partial charge in [-0.25, -0.2) is 0 Å². The Labute approximate surface area is 169 Å². The maximum Gasteiger partial charge on any atom is 0.305 e. The second-order valence-corrected chi connectivity index (χ2v) is 7.20. The summed E-state index contributed by atoms with van der Waals surface area (Å²) < 4.78 is 4.74. The fourth-order valence-corrected chi connectivity index (χ4v) is 3.79. The van der Waals surface area contributed by atoms with E-state index in [0.29, 0.717) is 28.7 Å². The Hall–Kier alpha value is -3.53. The highest BCUT2D eigenvalue weighted by Gasteiger charge is 2.30. The van der Waals surface area contributed by atoms with Gasteiger partial charge in [-0.2, -0.15) is 0 Å². The lowest BCUT2D eigenvalue weighted by molar-refractivity contribution is -0.140. The minimum absolute atomic E-state index is 0.125. The summed E-state index contributed by atoms with van der Waals surface area (Å²) in [6, 6.07) is 18.5. The van der Waals surface area contributed by atoms with E-state index in [9.17, 15) is 14.4 Å². The monoisotopic (exact) mass is 384 g/mol. The van der Waals surface area contributed by atoms with Crippen LogP contribution in [0.3, 0.4) is 0 Å². The fourth-order valence-electron chi connectivity index (χ4n) is 3.79. The van der Waals surface area contributed by atoms with Crippen LogP contribution in [0.1, 0.15) is 49.4 Å². The van der Waals surface area contributed by atoms with E-state index in [1.165, 1.54) is 7.11 Å². The van der Waals surface area contributed by atoms with Crippen molar-refractivity contribution in [2.24, 2.45) is 0 Å². The molecule has 0 spiro atoms. The van der Waals surface area contributed by atoms with Crippen molar-refractivity contribution in [3.63, 3.8) is 0 Å². The minimum atomic E-state index is -0.266. The highest BCUT2D eigenvalue weighted by molar-refractivity contribution is 6.28. The Balaban J connectivity index is 1.77. The molecule has 1 aliphatic rings. The summed E-state index contributed by atoms with van der Waals surface area (Å²) in [5.41, 5.74) is 5.49. The summed E-state index contributed by atoms with van der Waals surface area (Å²) in [7, 11) is 1.37. The SMILES string of the molecule is COC(=O)CCc1ccccc1-c1ccc2c(c1)C(=O)c1cc(C)ccc1C2=O. The summed E-state index contributed by atoms with van der Waals surface area (Å²) in [6.45, 7) is 1.90. The first-order chi connectivity index (χ1) is 14.0. The maximum atomic E-state index is 13.1. The van der Waals surface area contributed by atoms with Crippen LogP contribution in [0, 0.1) is 6.92 Å². The number of aryl methyl sites for hydroxylation is 2. The van der Waals surface area contributed by atoms with Crippen LogP contribution in [0.5, 0.6) is 0 Å². The van der Waals surface area contributed by atoms with Gasteiger partial charge in [0.25, 0.3) is 0 Å². The molecule has 0 atom stereocenters. The number of benzene rings is 3. The number of ketones is 2. The third-order valence-corrected chi connectivity index (χ3v) is 5.33. The van der Waals surface area contributed by atoms with E-state index in [1.807, 2.05) is 43.3 Å². The number of hydrogen-bond acceptors (Lipinski definition) is 4. The van der Waals surface area contributed by atoms with E-state index in [1.54, 1.807) is 24.3 Å². The van der Waals surface area contributed by atoms with Gasteiger partial charge in [-0.3, -0.25) is 14.4 Å². The molecule has 0 saturated carbocycles. The van der Waals surface area contributed by atoms with E-state index in [-0.39, 0.29) is 24.0 Å². The lowest BCUT2D eigenvalue weighted by Crippen LogP contribution is -2.21. The van der Waals surface area contributed by atoms with Gasteiger partial charge in [0.2, 0.25) is 0 Å². The van der Waals surface area contributed by atoms with Gasteiger partial charge in [-0.05, 0) is 48.2 Å². The number of fused-ring (bicyclic) bond motifs is 2. The number of ether oxygens (including phenoxy) is 1. The zero-order valence-corrected chi connectivity index (χ0v) is 16.3. The Bertz CT molecular complexity index is 1160. The summed E-state index contributed by atoms with van der Waals surface area (Å²) in [5.74, 6) is -0.523. The van der Waals surface area contributed by atoms with E-state index in [4.69, 9.17) is 4.74 Å². The molecular formula is C25H20O4. The number of carbonyl (C=O) groups excluding carboxylic acids is 3. The van der Waals surface area contributed by atoms with Crippen LogP contribution >= 0.6 is 0 Å². The summed E-state index contributed by atoms with van der Waals surface area (Å²) in [4.78, 5) is 37.5. The number of rotatable bonds is 4. The molecule has 0 amide bonds. The Morgan fingerprint density at radius 2 is 1.45 bits per heavy atom. The van der Waals surface area contributed by atoms with E-state index < -0.39 is 0 Å². The smallest absolute Gasteiger partial charge is 0.305 e. The van der Waals surface area contributed by atoms with Crippen LogP contribution in [0.4, 0.5) is 0 Å². The van der Waals surface area contributed by atoms with Gasteiger partial charge in [0.1, 0.15) is 0 Å². The predicted molar refractivity (Wildman–Crippen MR) is 110 cm³/mol. The zero-order chi connectivity index (χ0) is 20.5. The molecule has 3 aromatic rings. The largest absolute Gasteiger partial charge is 0.469 e. The summed E-state index contributed by atoms with van der Waals surface area (Å²) >= 11 is 0. The van der Waals surface area contributed by atoms with Crippen LogP contribution in [0.25, 0.3) is 11.1 Å². The van der Waals surface area contributed by atoms with Gasteiger partial charge < -0.3 is 4.74 Å². The van der Waals surface area contributed by atoms with Crippen molar-refractivity contribution < 1.29 is 19.1 Å². The number of methoxy groups -OCH3 is 1. The molecule has 4 rings (SSSR count). The molecule has 0 radical (unpaired) electrons. The second kappa shape index (κ2) is 7.47. The van der Waals surface area contributed by atoms with Crippen molar-refractivity contribution in [1.82, 2.24) is 0 Å². The maximum absolute atomic E-state index is 13.1. The van der Waals surface area contributed by atoms with Crippen LogP contribution < -0.4 is 0 Å². The molecule has 0 aliphatic heterocycles. The molecule has 144 valence electrons. The summed E-state index contributed by atoms with van der Waals surface area (Å²) in [5, 5.41) is 0. The Morgan fingerprint density at radius 3 is 2.21 bits per heavy atom. The molecule has 0 fully saturated rings. The van der Waals surface area contributed by atoms with E-state index in [0.717, 1.165) is 22.3 Å². The van der Waals surface area contributed by atoms with Crippen molar-refractivity contribution >= 4 is 17.5 Å². The molecule has 1 aliphatic carbocycles. The van der Waals surface area contributed by atoms with Gasteiger partial charge in [0, 0.05) is 28.7 Å². The predicted octanol–water partition coefficient (Wildman–Crippen LogP) is 4.54. The van der Waals surface area contributed by atoms with Crippen molar-refractivity contribution in [1.29, 1.82) is 0 Å². The molecule has 0 unspecified atom stereocenters. The van der Waals surface area contributed by atoms with E-state index >= 15 is 0 Å². The van der Waals surface area contributed by atoms with Crippen molar-refractivity contribution in [3.05, 3.63) is 94.0 Å². The highest BCUT2D eigenvalue weighted by Crippen LogP contribution is 2.32. The molecule has 4 heteroatoms. The first-order valence-electron chi connectivity index (χ1n) is 9.49. The third-order valence-electron chi connectivity index (χ3n) is 5.33. The molecule has 0 N–H and O–H groups in total. The molecule has 0 heterocycles. The average Bonchev–Trinajstić information content (AvgIpc) is 2.75. The minimum Gasteiger partial charge on any atom is -0.469 e. The van der Waals surface area contributed by atoms with Crippen LogP contribution in [-0.2, 0) is 16.0 Å². The molecule has 3 aromatic carbocycles. The number of hydrogen-bond donors (Lipinski definition) is 0. The molecule has 0 aromatic heterocycles. The van der Waals surface area contributed by atoms with Gasteiger partial charge >= 0.3 is 5.97 Å². The van der Waals surface area contributed by atoms with Crippen molar-refractivity contribution in [2.45, 2.75) is 19.8 Å². The van der Waals surface area contributed by atoms with Crippen LogP contribution in [0.15, 0.2) is 60.7 Å². The van der Waals surface area contributed by atoms with Crippen molar-refractivity contribution in [2.75, 3.05) is 7.11 Å². The topological polar surface area (TPSA) is 60.4 Å². The second-order valence-electron chi connectivity index (χ2n) is 7.20. The molecule has 29 heavy (non-hydrogen) atoms. The van der Waals surface area contributed by atoms with Gasteiger partial charge in [0.05, 0.1) is 7.11 Å². The average molecular weight is 384 g/mol. The van der Waals surface area contributed by atoms with Gasteiger partial charge in [-0.1, -0.05) is 48.0 Å². The van der Waals surface area contributed by atoms with Crippen LogP contribution in [0.2, 0.25) is 0 Å². The number of carbonyl (C=O) groups is 3. The molecular weight excluding hydrogens is 364 g/mol. The first-order valence-corrected chi connectivity index (χ1v) is 9.49. The fraction of sp³-hybridized carbons (Fsp3) is 0.160. The highest BCUT2D eigenvalue weighted by atomic mass is 16.5.